The maximum absolute atomic E-state index is 6.04. The Morgan fingerprint density at radius 2 is 2.00 bits per heavy atom. The zero-order valence-corrected chi connectivity index (χ0v) is 8.27. The Kier molecular flexibility index (Phi) is 3.83. The van der Waals surface area contributed by atoms with Crippen molar-refractivity contribution in [1.82, 2.24) is 9.97 Å². The highest BCUT2D eigenvalue weighted by Gasteiger charge is 2.13. The summed E-state index contributed by atoms with van der Waals surface area (Å²) in [6.07, 6.45) is 7.44. The van der Waals surface area contributed by atoms with Gasteiger partial charge in [-0.1, -0.05) is 20.3 Å². The first-order valence-corrected chi connectivity index (χ1v) is 4.76. The molecule has 72 valence electrons. The molecule has 0 spiro atoms. The van der Waals surface area contributed by atoms with Gasteiger partial charge in [-0.2, -0.15) is 0 Å². The molecule has 0 radical (unpaired) electrons. The summed E-state index contributed by atoms with van der Waals surface area (Å²) in [4.78, 5) is 7.91. The fraction of sp³-hybridized carbons (Fsp3) is 0.600. The Morgan fingerprint density at radius 3 is 2.54 bits per heavy atom. The van der Waals surface area contributed by atoms with Gasteiger partial charge in [0.15, 0.2) is 0 Å². The van der Waals surface area contributed by atoms with Crippen LogP contribution in [0.3, 0.4) is 0 Å². The van der Waals surface area contributed by atoms with Crippen LogP contribution in [-0.4, -0.2) is 9.97 Å². The maximum atomic E-state index is 6.04. The normalized spacial score (nSPS) is 15.3. The van der Waals surface area contributed by atoms with Crippen LogP contribution in [0.4, 0.5) is 0 Å². The van der Waals surface area contributed by atoms with Crippen LogP contribution in [0.1, 0.15) is 38.3 Å². The van der Waals surface area contributed by atoms with Crippen LogP contribution in [-0.2, 0) is 0 Å². The van der Waals surface area contributed by atoms with E-state index in [9.17, 15) is 0 Å². The van der Waals surface area contributed by atoms with E-state index in [-0.39, 0.29) is 6.04 Å². The molecule has 0 aliphatic rings. The summed E-state index contributed by atoms with van der Waals surface area (Å²) >= 11 is 0. The molecule has 1 heterocycles. The fourth-order valence-corrected chi connectivity index (χ4v) is 1.45. The van der Waals surface area contributed by atoms with Gasteiger partial charge in [-0.3, -0.25) is 0 Å². The molecule has 1 rings (SSSR count). The van der Waals surface area contributed by atoms with Crippen molar-refractivity contribution in [2.24, 2.45) is 11.7 Å². The molecule has 0 aromatic carbocycles. The zero-order valence-electron chi connectivity index (χ0n) is 8.27. The molecule has 0 aliphatic carbocycles. The van der Waals surface area contributed by atoms with E-state index in [0.717, 1.165) is 12.0 Å². The smallest absolute Gasteiger partial charge is 0.115 e. The minimum Gasteiger partial charge on any atom is -0.324 e. The van der Waals surface area contributed by atoms with Crippen LogP contribution < -0.4 is 5.73 Å². The number of aromatic nitrogens is 2. The maximum Gasteiger partial charge on any atom is 0.115 e. The second-order valence-corrected chi connectivity index (χ2v) is 3.46. The molecule has 0 aliphatic heterocycles. The predicted molar refractivity (Wildman–Crippen MR) is 53.0 cm³/mol. The summed E-state index contributed by atoms with van der Waals surface area (Å²) in [6.45, 7) is 4.34. The third-order valence-electron chi connectivity index (χ3n) is 2.32. The molecule has 1 aromatic heterocycles. The average molecular weight is 179 g/mol. The van der Waals surface area contributed by atoms with Gasteiger partial charge in [0.05, 0.1) is 0 Å². The number of nitrogens with two attached hydrogens (primary N) is 1. The molecule has 0 amide bonds. The van der Waals surface area contributed by atoms with E-state index in [1.165, 1.54) is 12.7 Å². The van der Waals surface area contributed by atoms with Gasteiger partial charge in [0.25, 0.3) is 0 Å². The van der Waals surface area contributed by atoms with Crippen molar-refractivity contribution in [3.05, 3.63) is 24.3 Å². The molecule has 0 saturated heterocycles. The van der Waals surface area contributed by atoms with E-state index in [2.05, 4.69) is 23.8 Å². The van der Waals surface area contributed by atoms with Crippen LogP contribution >= 0.6 is 0 Å². The Morgan fingerprint density at radius 1 is 1.38 bits per heavy atom. The van der Waals surface area contributed by atoms with Crippen molar-refractivity contribution < 1.29 is 0 Å². The Bertz CT molecular complexity index is 235. The summed E-state index contributed by atoms with van der Waals surface area (Å²) < 4.78 is 0. The molecule has 13 heavy (non-hydrogen) atoms. The molecule has 2 unspecified atom stereocenters. The molecular formula is C10H17N3. The molecular weight excluding hydrogens is 162 g/mol. The molecule has 0 saturated carbocycles. The third-order valence-corrected chi connectivity index (χ3v) is 2.32. The van der Waals surface area contributed by atoms with Crippen molar-refractivity contribution in [2.45, 2.75) is 32.7 Å². The molecule has 2 atom stereocenters. The second kappa shape index (κ2) is 4.92. The SMILES string of the molecule is CCCC(C)C(N)c1cncnc1. The summed E-state index contributed by atoms with van der Waals surface area (Å²) in [5, 5.41) is 0. The predicted octanol–water partition coefficient (Wildman–Crippen LogP) is 1.91. The van der Waals surface area contributed by atoms with Gasteiger partial charge >= 0.3 is 0 Å². The van der Waals surface area contributed by atoms with Crippen LogP contribution in [0.2, 0.25) is 0 Å². The van der Waals surface area contributed by atoms with Crippen LogP contribution in [0.25, 0.3) is 0 Å². The van der Waals surface area contributed by atoms with Crippen molar-refractivity contribution >= 4 is 0 Å². The number of hydrogen-bond donors (Lipinski definition) is 1. The minimum atomic E-state index is 0.0705. The third kappa shape index (κ3) is 2.77. The topological polar surface area (TPSA) is 51.8 Å². The summed E-state index contributed by atoms with van der Waals surface area (Å²) in [5.74, 6) is 0.496. The first-order valence-electron chi connectivity index (χ1n) is 4.76. The van der Waals surface area contributed by atoms with Gasteiger partial charge in [0.1, 0.15) is 6.33 Å². The zero-order chi connectivity index (χ0) is 9.68. The molecule has 2 N–H and O–H groups in total. The summed E-state index contributed by atoms with van der Waals surface area (Å²) in [6, 6.07) is 0.0705. The molecule has 3 heteroatoms. The van der Waals surface area contributed by atoms with Gasteiger partial charge in [-0.05, 0) is 12.3 Å². The minimum absolute atomic E-state index is 0.0705. The lowest BCUT2D eigenvalue weighted by molar-refractivity contribution is 0.432. The first-order chi connectivity index (χ1) is 6.25. The largest absolute Gasteiger partial charge is 0.324 e. The lowest BCUT2D eigenvalue weighted by Crippen LogP contribution is -2.19. The standard InChI is InChI=1S/C10H17N3/c1-3-4-8(2)10(11)9-5-12-7-13-6-9/h5-8,10H,3-4,11H2,1-2H3. The number of rotatable bonds is 4. The molecule has 1 aromatic rings. The van der Waals surface area contributed by atoms with Gasteiger partial charge in [0.2, 0.25) is 0 Å². The lowest BCUT2D eigenvalue weighted by Gasteiger charge is -2.18. The highest BCUT2D eigenvalue weighted by atomic mass is 14.8. The highest BCUT2D eigenvalue weighted by molar-refractivity contribution is 5.09. The molecule has 0 bridgehead atoms. The first kappa shape index (κ1) is 10.1. The van der Waals surface area contributed by atoms with Crippen molar-refractivity contribution in [3.8, 4) is 0 Å². The average Bonchev–Trinajstić information content (AvgIpc) is 2.18. The quantitative estimate of drug-likeness (QED) is 0.768. The van der Waals surface area contributed by atoms with E-state index in [1.54, 1.807) is 12.4 Å². The van der Waals surface area contributed by atoms with E-state index in [0.29, 0.717) is 5.92 Å². The second-order valence-electron chi connectivity index (χ2n) is 3.46. The van der Waals surface area contributed by atoms with Gasteiger partial charge < -0.3 is 5.73 Å². The van der Waals surface area contributed by atoms with Crippen molar-refractivity contribution in [3.63, 3.8) is 0 Å². The van der Waals surface area contributed by atoms with Crippen LogP contribution in [0.15, 0.2) is 18.7 Å². The fourth-order valence-electron chi connectivity index (χ4n) is 1.45. The van der Waals surface area contributed by atoms with E-state index >= 15 is 0 Å². The van der Waals surface area contributed by atoms with Crippen molar-refractivity contribution in [1.29, 1.82) is 0 Å². The monoisotopic (exact) mass is 179 g/mol. The highest BCUT2D eigenvalue weighted by Crippen LogP contribution is 2.21. The summed E-state index contributed by atoms with van der Waals surface area (Å²) in [5.41, 5.74) is 7.08. The van der Waals surface area contributed by atoms with Gasteiger partial charge in [-0.25, -0.2) is 9.97 Å². The van der Waals surface area contributed by atoms with E-state index < -0.39 is 0 Å². The summed E-state index contributed by atoms with van der Waals surface area (Å²) in [7, 11) is 0. The van der Waals surface area contributed by atoms with Crippen LogP contribution in [0, 0.1) is 5.92 Å². The number of hydrogen-bond acceptors (Lipinski definition) is 3. The Labute approximate surface area is 79.4 Å². The Balaban J connectivity index is 2.62. The van der Waals surface area contributed by atoms with Gasteiger partial charge in [0, 0.05) is 24.0 Å². The Hall–Kier alpha value is -0.960. The molecule has 3 nitrogen and oxygen atoms in total. The van der Waals surface area contributed by atoms with E-state index in [1.807, 2.05) is 0 Å². The van der Waals surface area contributed by atoms with E-state index in [4.69, 9.17) is 5.73 Å². The van der Waals surface area contributed by atoms with Crippen molar-refractivity contribution in [2.75, 3.05) is 0 Å². The van der Waals surface area contributed by atoms with Crippen LogP contribution in [0.5, 0.6) is 0 Å². The lowest BCUT2D eigenvalue weighted by atomic mass is 9.93. The number of nitrogens with zero attached hydrogens (tertiary/aromatic N) is 2. The van der Waals surface area contributed by atoms with Gasteiger partial charge in [-0.15, -0.1) is 0 Å². The molecule has 0 fully saturated rings.